The van der Waals surface area contributed by atoms with Gasteiger partial charge in [-0.15, -0.1) is 0 Å². The summed E-state index contributed by atoms with van der Waals surface area (Å²) >= 11 is 0. The Labute approximate surface area is 167 Å². The van der Waals surface area contributed by atoms with Crippen LogP contribution in [0.3, 0.4) is 0 Å². The number of hydrogen-bond acceptors (Lipinski definition) is 6. The van der Waals surface area contributed by atoms with Crippen molar-refractivity contribution in [2.75, 3.05) is 0 Å². The third-order valence-corrected chi connectivity index (χ3v) is 4.73. The molecule has 7 nitrogen and oxygen atoms in total. The van der Waals surface area contributed by atoms with E-state index in [-0.39, 0.29) is 6.61 Å². The summed E-state index contributed by atoms with van der Waals surface area (Å²) in [5.74, 6) is 0.985. The number of hydrogen-bond donors (Lipinski definition) is 0. The number of benzene rings is 1. The van der Waals surface area contributed by atoms with Gasteiger partial charge in [0.15, 0.2) is 0 Å². The van der Waals surface area contributed by atoms with Crippen molar-refractivity contribution in [3.05, 3.63) is 82.6 Å². The van der Waals surface area contributed by atoms with Crippen LogP contribution in [0.2, 0.25) is 0 Å². The molecule has 148 valence electrons. The fraction of sp³-hybridized carbons (Fsp3) is 0.227. The Hall–Kier alpha value is -3.61. The number of pyridine rings is 1. The molecule has 4 aromatic rings. The third-order valence-electron chi connectivity index (χ3n) is 4.73. The van der Waals surface area contributed by atoms with Gasteiger partial charge >= 0.3 is 5.97 Å². The first-order valence-corrected chi connectivity index (χ1v) is 9.26. The van der Waals surface area contributed by atoms with Crippen molar-refractivity contribution < 1.29 is 18.8 Å². The topological polar surface area (TPSA) is 78.9 Å². The average molecular weight is 391 g/mol. The van der Waals surface area contributed by atoms with Crippen LogP contribution in [0.4, 0.5) is 0 Å². The highest BCUT2D eigenvalue weighted by Gasteiger charge is 2.12. The minimum Gasteiger partial charge on any atom is -0.489 e. The highest BCUT2D eigenvalue weighted by atomic mass is 16.5. The number of ether oxygens (including phenoxy) is 2. The summed E-state index contributed by atoms with van der Waals surface area (Å²) in [5, 5.41) is 3.91. The maximum absolute atomic E-state index is 12.3. The highest BCUT2D eigenvalue weighted by Crippen LogP contribution is 2.18. The van der Waals surface area contributed by atoms with E-state index in [1.165, 1.54) is 0 Å². The zero-order chi connectivity index (χ0) is 20.4. The van der Waals surface area contributed by atoms with Crippen molar-refractivity contribution >= 4 is 11.6 Å². The van der Waals surface area contributed by atoms with Crippen LogP contribution in [0.15, 0.2) is 53.3 Å². The van der Waals surface area contributed by atoms with Crippen molar-refractivity contribution in [2.45, 2.75) is 34.0 Å². The normalized spacial score (nSPS) is 11.0. The second kappa shape index (κ2) is 7.79. The largest absolute Gasteiger partial charge is 0.489 e. The summed E-state index contributed by atoms with van der Waals surface area (Å²) in [6.07, 6.45) is 3.78. The molecule has 0 aliphatic rings. The lowest BCUT2D eigenvalue weighted by molar-refractivity contribution is 0.0468. The van der Waals surface area contributed by atoms with E-state index in [1.54, 1.807) is 24.3 Å². The molecule has 0 atom stereocenters. The fourth-order valence-corrected chi connectivity index (χ4v) is 3.05. The predicted molar refractivity (Wildman–Crippen MR) is 106 cm³/mol. The number of carbonyl (C=O) groups is 1. The summed E-state index contributed by atoms with van der Waals surface area (Å²) < 4.78 is 18.2. The van der Waals surface area contributed by atoms with Gasteiger partial charge in [-0.25, -0.2) is 9.78 Å². The van der Waals surface area contributed by atoms with Crippen LogP contribution in [0.5, 0.6) is 5.75 Å². The molecule has 0 bridgehead atoms. The van der Waals surface area contributed by atoms with Gasteiger partial charge in [0, 0.05) is 12.4 Å². The Kier molecular flexibility index (Phi) is 5.03. The Bertz CT molecular complexity index is 1140. The molecule has 3 aromatic heterocycles. The molecule has 4 rings (SSSR count). The van der Waals surface area contributed by atoms with Crippen molar-refractivity contribution in [3.8, 4) is 5.75 Å². The van der Waals surface area contributed by atoms with Crippen LogP contribution >= 0.6 is 0 Å². The molecule has 3 heterocycles. The number of fused-ring (bicyclic) bond motifs is 1. The molecule has 0 aliphatic heterocycles. The van der Waals surface area contributed by atoms with Crippen LogP contribution in [-0.4, -0.2) is 20.5 Å². The number of rotatable bonds is 6. The van der Waals surface area contributed by atoms with E-state index in [0.717, 1.165) is 28.2 Å². The van der Waals surface area contributed by atoms with Crippen LogP contribution in [0.1, 0.15) is 38.6 Å². The van der Waals surface area contributed by atoms with Gasteiger partial charge in [0.25, 0.3) is 0 Å². The molecular weight excluding hydrogens is 370 g/mol. The Balaban J connectivity index is 1.35. The summed E-state index contributed by atoms with van der Waals surface area (Å²) in [6.45, 7) is 6.19. The lowest BCUT2D eigenvalue weighted by Crippen LogP contribution is -2.05. The minimum atomic E-state index is -0.406. The number of nitrogens with zero attached hydrogens (tertiary/aromatic N) is 3. The fourth-order valence-electron chi connectivity index (χ4n) is 3.05. The zero-order valence-electron chi connectivity index (χ0n) is 16.5. The third kappa shape index (κ3) is 3.99. The lowest BCUT2D eigenvalue weighted by atomic mass is 10.2. The molecule has 0 aliphatic carbocycles. The van der Waals surface area contributed by atoms with Crippen LogP contribution in [0, 0.1) is 20.8 Å². The first kappa shape index (κ1) is 18.7. The molecule has 0 radical (unpaired) electrons. The smallest absolute Gasteiger partial charge is 0.338 e. The van der Waals surface area contributed by atoms with E-state index in [2.05, 4.69) is 10.1 Å². The first-order chi connectivity index (χ1) is 14.0. The molecule has 0 unspecified atom stereocenters. The molecule has 29 heavy (non-hydrogen) atoms. The highest BCUT2D eigenvalue weighted by molar-refractivity contribution is 5.89. The molecular formula is C22H21N3O4. The second-order valence-electron chi connectivity index (χ2n) is 6.85. The summed E-state index contributed by atoms with van der Waals surface area (Å²) in [5.41, 5.74) is 4.82. The molecule has 7 heteroatoms. The monoisotopic (exact) mass is 391 g/mol. The standard InChI is InChI=1S/C22H21N3O4/c1-14-5-4-10-25-11-18(23-21(14)25)12-28-22(26)17-6-8-19(9-7-17)27-13-20-15(2)24-29-16(20)3/h4-11H,12-13H2,1-3H3. The summed E-state index contributed by atoms with van der Waals surface area (Å²) in [7, 11) is 0. The molecule has 1 aromatic carbocycles. The zero-order valence-corrected chi connectivity index (χ0v) is 16.5. The van der Waals surface area contributed by atoms with Crippen molar-refractivity contribution in [2.24, 2.45) is 0 Å². The molecule has 0 spiro atoms. The van der Waals surface area contributed by atoms with Gasteiger partial charge in [-0.05, 0) is 56.7 Å². The van der Waals surface area contributed by atoms with Crippen molar-refractivity contribution in [3.63, 3.8) is 0 Å². The Morgan fingerprint density at radius 1 is 1.10 bits per heavy atom. The maximum Gasteiger partial charge on any atom is 0.338 e. The van der Waals surface area contributed by atoms with Gasteiger partial charge in [-0.2, -0.15) is 0 Å². The lowest BCUT2D eigenvalue weighted by Gasteiger charge is -2.07. The number of aromatic nitrogens is 3. The van der Waals surface area contributed by atoms with Crippen LogP contribution in [-0.2, 0) is 18.0 Å². The Morgan fingerprint density at radius 2 is 1.90 bits per heavy atom. The van der Waals surface area contributed by atoms with E-state index >= 15 is 0 Å². The molecule has 0 fully saturated rings. The van der Waals surface area contributed by atoms with E-state index in [4.69, 9.17) is 14.0 Å². The average Bonchev–Trinajstić information content (AvgIpc) is 3.29. The van der Waals surface area contributed by atoms with E-state index in [9.17, 15) is 4.79 Å². The number of imidazole rings is 1. The number of aryl methyl sites for hydroxylation is 3. The molecule has 0 saturated carbocycles. The first-order valence-electron chi connectivity index (χ1n) is 9.26. The van der Waals surface area contributed by atoms with E-state index in [1.807, 2.05) is 49.7 Å². The summed E-state index contributed by atoms with van der Waals surface area (Å²) in [4.78, 5) is 16.8. The molecule has 0 N–H and O–H groups in total. The summed E-state index contributed by atoms with van der Waals surface area (Å²) in [6, 6.07) is 10.8. The maximum atomic E-state index is 12.3. The predicted octanol–water partition coefficient (Wildman–Crippen LogP) is 4.18. The van der Waals surface area contributed by atoms with Gasteiger partial charge < -0.3 is 18.4 Å². The van der Waals surface area contributed by atoms with Gasteiger partial charge in [-0.1, -0.05) is 11.2 Å². The van der Waals surface area contributed by atoms with E-state index < -0.39 is 5.97 Å². The van der Waals surface area contributed by atoms with Gasteiger partial charge in [0.2, 0.25) is 0 Å². The SMILES string of the molecule is Cc1noc(C)c1COc1ccc(C(=O)OCc2cn3cccc(C)c3n2)cc1. The molecule has 0 amide bonds. The number of carbonyl (C=O) groups excluding carboxylic acids is 1. The van der Waals surface area contributed by atoms with Gasteiger partial charge in [0.05, 0.1) is 22.5 Å². The van der Waals surface area contributed by atoms with Crippen molar-refractivity contribution in [1.82, 2.24) is 14.5 Å². The quantitative estimate of drug-likeness (QED) is 0.459. The second-order valence-corrected chi connectivity index (χ2v) is 6.85. The van der Waals surface area contributed by atoms with Crippen molar-refractivity contribution in [1.29, 1.82) is 0 Å². The Morgan fingerprint density at radius 3 is 2.59 bits per heavy atom. The van der Waals surface area contributed by atoms with Crippen LogP contribution < -0.4 is 4.74 Å². The van der Waals surface area contributed by atoms with Gasteiger partial charge in [-0.3, -0.25) is 0 Å². The van der Waals surface area contributed by atoms with Crippen LogP contribution in [0.25, 0.3) is 5.65 Å². The number of esters is 1. The van der Waals surface area contributed by atoms with E-state index in [0.29, 0.717) is 23.6 Å². The van der Waals surface area contributed by atoms with Gasteiger partial charge in [0.1, 0.15) is 30.4 Å². The minimum absolute atomic E-state index is 0.115. The molecule has 0 saturated heterocycles.